The molecule has 0 bridgehead atoms. The summed E-state index contributed by atoms with van der Waals surface area (Å²) in [6.07, 6.45) is 1.25. The molecule has 2 aliphatic carbocycles. The monoisotopic (exact) mass is 464 g/mol. The third-order valence-electron chi connectivity index (χ3n) is 7.04. The highest BCUT2D eigenvalue weighted by molar-refractivity contribution is 5.91. The predicted octanol–water partition coefficient (Wildman–Crippen LogP) is 3.05. The standard InChI is InChI=1S/C26H28N2O6/c29-23(30)13-22(16-9-10-16)27-24(31)26(11-12-33-15-26)28-25(32)34-14-21-19-7-3-1-5-17(19)18-6-2-4-8-20(18)21/h1-8,16,21-22H,9-15H2,(H,27,31)(H,28,32)(H,29,30). The van der Waals surface area contributed by atoms with Gasteiger partial charge < -0.3 is 25.2 Å². The van der Waals surface area contributed by atoms with E-state index in [1.165, 1.54) is 0 Å². The zero-order valence-corrected chi connectivity index (χ0v) is 18.8. The summed E-state index contributed by atoms with van der Waals surface area (Å²) in [5.41, 5.74) is 3.21. The van der Waals surface area contributed by atoms with E-state index in [1.807, 2.05) is 36.4 Å². The van der Waals surface area contributed by atoms with Gasteiger partial charge in [-0.25, -0.2) is 4.79 Å². The fourth-order valence-corrected chi connectivity index (χ4v) is 5.06. The van der Waals surface area contributed by atoms with Crippen LogP contribution in [0.3, 0.4) is 0 Å². The van der Waals surface area contributed by atoms with E-state index in [0.29, 0.717) is 13.0 Å². The van der Waals surface area contributed by atoms with Gasteiger partial charge in [-0.1, -0.05) is 48.5 Å². The number of rotatable bonds is 8. The molecular formula is C26H28N2O6. The highest BCUT2D eigenvalue weighted by Crippen LogP contribution is 2.44. The summed E-state index contributed by atoms with van der Waals surface area (Å²) in [5.74, 6) is -1.30. The van der Waals surface area contributed by atoms with Crippen LogP contribution in [0.5, 0.6) is 0 Å². The highest BCUT2D eigenvalue weighted by Gasteiger charge is 2.46. The second-order valence-electron chi connectivity index (χ2n) is 9.35. The fourth-order valence-electron chi connectivity index (χ4n) is 5.06. The topological polar surface area (TPSA) is 114 Å². The van der Waals surface area contributed by atoms with Crippen molar-refractivity contribution in [3.8, 4) is 11.1 Å². The van der Waals surface area contributed by atoms with Crippen molar-refractivity contribution in [1.82, 2.24) is 10.6 Å². The summed E-state index contributed by atoms with van der Waals surface area (Å²) < 4.78 is 11.1. The number of ether oxygens (including phenoxy) is 2. The number of hydrogen-bond donors (Lipinski definition) is 3. The molecule has 1 saturated carbocycles. The summed E-state index contributed by atoms with van der Waals surface area (Å²) >= 11 is 0. The normalized spacial score (nSPS) is 21.9. The lowest BCUT2D eigenvalue weighted by Crippen LogP contribution is -2.61. The summed E-state index contributed by atoms with van der Waals surface area (Å²) in [5, 5.41) is 14.8. The molecule has 0 spiro atoms. The molecule has 2 unspecified atom stereocenters. The Labute approximate surface area is 197 Å². The van der Waals surface area contributed by atoms with Crippen LogP contribution in [0.1, 0.15) is 42.7 Å². The predicted molar refractivity (Wildman–Crippen MR) is 123 cm³/mol. The van der Waals surface area contributed by atoms with Crippen molar-refractivity contribution in [2.24, 2.45) is 5.92 Å². The first-order chi connectivity index (χ1) is 16.5. The number of carbonyl (C=O) groups is 3. The number of fused-ring (bicyclic) bond motifs is 3. The Morgan fingerprint density at radius 2 is 1.71 bits per heavy atom. The van der Waals surface area contributed by atoms with Gasteiger partial charge in [-0.05, 0) is 41.0 Å². The number of carboxylic acids is 1. The van der Waals surface area contributed by atoms with Crippen LogP contribution in [0.15, 0.2) is 48.5 Å². The molecule has 3 aliphatic rings. The maximum absolute atomic E-state index is 13.2. The van der Waals surface area contributed by atoms with Crippen LogP contribution < -0.4 is 10.6 Å². The van der Waals surface area contributed by atoms with E-state index in [1.54, 1.807) is 0 Å². The summed E-state index contributed by atoms with van der Waals surface area (Å²) in [4.78, 5) is 37.2. The molecule has 2 atom stereocenters. The molecule has 2 fully saturated rings. The Bertz CT molecular complexity index is 1060. The minimum Gasteiger partial charge on any atom is -0.481 e. The van der Waals surface area contributed by atoms with E-state index in [-0.39, 0.29) is 31.5 Å². The van der Waals surface area contributed by atoms with Crippen LogP contribution in [-0.4, -0.2) is 54.5 Å². The van der Waals surface area contributed by atoms with Gasteiger partial charge in [-0.3, -0.25) is 9.59 Å². The van der Waals surface area contributed by atoms with Crippen molar-refractivity contribution >= 4 is 18.0 Å². The number of amides is 2. The number of alkyl carbamates (subject to hydrolysis) is 1. The van der Waals surface area contributed by atoms with Crippen molar-refractivity contribution in [3.63, 3.8) is 0 Å². The molecule has 2 aromatic rings. The van der Waals surface area contributed by atoms with Gasteiger partial charge in [0.25, 0.3) is 0 Å². The molecule has 0 radical (unpaired) electrons. The molecular weight excluding hydrogens is 436 g/mol. The minimum atomic E-state index is -1.27. The molecule has 3 N–H and O–H groups in total. The lowest BCUT2D eigenvalue weighted by Gasteiger charge is -2.29. The van der Waals surface area contributed by atoms with Crippen LogP contribution in [0.25, 0.3) is 11.1 Å². The number of carbonyl (C=O) groups excluding carboxylic acids is 2. The number of carboxylic acid groups (broad SMARTS) is 1. The van der Waals surface area contributed by atoms with Crippen LogP contribution in [-0.2, 0) is 19.1 Å². The molecule has 178 valence electrons. The SMILES string of the molecule is O=C(O)CC(NC(=O)C1(NC(=O)OCC2c3ccccc3-c3ccccc32)CCOC1)C1CC1. The molecule has 1 aliphatic heterocycles. The molecule has 1 heterocycles. The third kappa shape index (κ3) is 4.37. The molecule has 2 amide bonds. The van der Waals surface area contributed by atoms with Crippen molar-refractivity contribution in [1.29, 1.82) is 0 Å². The second-order valence-corrected chi connectivity index (χ2v) is 9.35. The lowest BCUT2D eigenvalue weighted by atomic mass is 9.96. The summed E-state index contributed by atoms with van der Waals surface area (Å²) in [7, 11) is 0. The Morgan fingerprint density at radius 3 is 2.26 bits per heavy atom. The molecule has 8 nitrogen and oxygen atoms in total. The van der Waals surface area contributed by atoms with Crippen LogP contribution in [0.4, 0.5) is 4.79 Å². The van der Waals surface area contributed by atoms with Crippen molar-refractivity contribution < 1.29 is 29.0 Å². The second kappa shape index (κ2) is 9.10. The van der Waals surface area contributed by atoms with Crippen LogP contribution >= 0.6 is 0 Å². The zero-order valence-electron chi connectivity index (χ0n) is 18.8. The Hall–Kier alpha value is -3.39. The molecule has 5 rings (SSSR count). The zero-order chi connectivity index (χ0) is 23.7. The third-order valence-corrected chi connectivity index (χ3v) is 7.04. The van der Waals surface area contributed by atoms with Gasteiger partial charge in [0.05, 0.1) is 13.0 Å². The molecule has 2 aromatic carbocycles. The average molecular weight is 465 g/mol. The average Bonchev–Trinajstić information content (AvgIpc) is 3.49. The van der Waals surface area contributed by atoms with E-state index in [4.69, 9.17) is 9.47 Å². The largest absolute Gasteiger partial charge is 0.481 e. The quantitative estimate of drug-likeness (QED) is 0.553. The van der Waals surface area contributed by atoms with Crippen molar-refractivity contribution in [2.75, 3.05) is 19.8 Å². The van der Waals surface area contributed by atoms with Gasteiger partial charge in [-0.2, -0.15) is 0 Å². The molecule has 8 heteroatoms. The Balaban J connectivity index is 1.26. The minimum absolute atomic E-state index is 0.0213. The first kappa shape index (κ1) is 22.4. The van der Waals surface area contributed by atoms with Crippen LogP contribution in [0.2, 0.25) is 0 Å². The van der Waals surface area contributed by atoms with Gasteiger partial charge in [0, 0.05) is 25.0 Å². The maximum atomic E-state index is 13.2. The van der Waals surface area contributed by atoms with Gasteiger partial charge in [0.15, 0.2) is 0 Å². The molecule has 1 saturated heterocycles. The number of hydrogen-bond acceptors (Lipinski definition) is 5. The fraction of sp³-hybridized carbons (Fsp3) is 0.423. The van der Waals surface area contributed by atoms with E-state index in [2.05, 4.69) is 22.8 Å². The lowest BCUT2D eigenvalue weighted by molar-refractivity contribution is -0.138. The number of nitrogens with one attached hydrogen (secondary N) is 2. The highest BCUT2D eigenvalue weighted by atomic mass is 16.6. The molecule has 0 aromatic heterocycles. The van der Waals surface area contributed by atoms with Gasteiger partial charge in [-0.15, -0.1) is 0 Å². The van der Waals surface area contributed by atoms with Crippen LogP contribution in [0, 0.1) is 5.92 Å². The Morgan fingerprint density at radius 1 is 1.06 bits per heavy atom. The Kier molecular flexibility index (Phi) is 6.00. The molecule has 34 heavy (non-hydrogen) atoms. The first-order valence-corrected chi connectivity index (χ1v) is 11.7. The van der Waals surface area contributed by atoms with E-state index in [9.17, 15) is 19.5 Å². The summed E-state index contributed by atoms with van der Waals surface area (Å²) in [6, 6.07) is 15.7. The first-order valence-electron chi connectivity index (χ1n) is 11.7. The van der Waals surface area contributed by atoms with E-state index < -0.39 is 29.6 Å². The number of benzene rings is 2. The van der Waals surface area contributed by atoms with Gasteiger partial charge in [0.1, 0.15) is 12.1 Å². The van der Waals surface area contributed by atoms with E-state index in [0.717, 1.165) is 35.1 Å². The van der Waals surface area contributed by atoms with Gasteiger partial charge in [0.2, 0.25) is 5.91 Å². The van der Waals surface area contributed by atoms with E-state index >= 15 is 0 Å². The van der Waals surface area contributed by atoms with Crippen molar-refractivity contribution in [3.05, 3.63) is 59.7 Å². The maximum Gasteiger partial charge on any atom is 0.408 e. The smallest absolute Gasteiger partial charge is 0.408 e. The summed E-state index contributed by atoms with van der Waals surface area (Å²) in [6.45, 7) is 0.486. The number of aliphatic carboxylic acids is 1. The van der Waals surface area contributed by atoms with Crippen molar-refractivity contribution in [2.45, 2.75) is 43.2 Å². The van der Waals surface area contributed by atoms with Gasteiger partial charge >= 0.3 is 12.1 Å².